The van der Waals surface area contributed by atoms with Crippen LogP contribution in [0.1, 0.15) is 37.2 Å². The van der Waals surface area contributed by atoms with Crippen LogP contribution in [0.5, 0.6) is 0 Å². The second-order valence-electron chi connectivity index (χ2n) is 3.01. The van der Waals surface area contributed by atoms with Crippen molar-refractivity contribution in [2.75, 3.05) is 0 Å². The largest absolute Gasteiger partial charge is 0.480 e. The second-order valence-corrected chi connectivity index (χ2v) is 3.01. The van der Waals surface area contributed by atoms with Gasteiger partial charge in [-0.15, -0.1) is 0 Å². The van der Waals surface area contributed by atoms with Gasteiger partial charge in [-0.1, -0.05) is 24.2 Å². The molecule has 0 amide bonds. The van der Waals surface area contributed by atoms with Crippen LogP contribution in [0.3, 0.4) is 0 Å². The van der Waals surface area contributed by atoms with E-state index in [4.69, 9.17) is 10.8 Å². The standard InChI is InChI=1S/C7H11N3O3/c1-3(2)5-6(10-13-9-5)4(8)7(11)12/h3-4H,8H2,1-2H3,(H,11,12). The Morgan fingerprint density at radius 3 is 2.46 bits per heavy atom. The summed E-state index contributed by atoms with van der Waals surface area (Å²) in [6, 6.07) is -1.16. The Bertz CT molecular complexity index is 308. The molecule has 0 saturated carbocycles. The number of nitrogens with zero attached hydrogens (tertiary/aromatic N) is 2. The first-order valence-electron chi connectivity index (χ1n) is 3.84. The zero-order chi connectivity index (χ0) is 10.0. The van der Waals surface area contributed by atoms with E-state index in [1.807, 2.05) is 13.8 Å². The van der Waals surface area contributed by atoms with E-state index in [0.29, 0.717) is 5.69 Å². The minimum atomic E-state index is -1.16. The van der Waals surface area contributed by atoms with Gasteiger partial charge >= 0.3 is 5.97 Å². The van der Waals surface area contributed by atoms with Gasteiger partial charge in [0.1, 0.15) is 11.4 Å². The molecular weight excluding hydrogens is 174 g/mol. The van der Waals surface area contributed by atoms with Crippen LogP contribution in [0.2, 0.25) is 0 Å². The number of rotatable bonds is 3. The van der Waals surface area contributed by atoms with Gasteiger partial charge in [0.05, 0.1) is 0 Å². The molecule has 1 aromatic rings. The van der Waals surface area contributed by atoms with E-state index >= 15 is 0 Å². The maximum atomic E-state index is 10.5. The Kier molecular flexibility index (Phi) is 2.62. The lowest BCUT2D eigenvalue weighted by atomic mass is 10.0. The maximum absolute atomic E-state index is 10.5. The lowest BCUT2D eigenvalue weighted by Crippen LogP contribution is -2.22. The molecule has 0 fully saturated rings. The summed E-state index contributed by atoms with van der Waals surface area (Å²) in [6.45, 7) is 3.72. The number of aliphatic carboxylic acids is 1. The third kappa shape index (κ3) is 1.83. The first-order valence-corrected chi connectivity index (χ1v) is 3.84. The molecule has 0 aliphatic carbocycles. The smallest absolute Gasteiger partial charge is 0.326 e. The van der Waals surface area contributed by atoms with Gasteiger partial charge in [0.15, 0.2) is 6.04 Å². The molecule has 0 spiro atoms. The van der Waals surface area contributed by atoms with E-state index in [9.17, 15) is 4.79 Å². The first kappa shape index (κ1) is 9.66. The summed E-state index contributed by atoms with van der Waals surface area (Å²) in [5, 5.41) is 15.7. The van der Waals surface area contributed by atoms with Crippen molar-refractivity contribution in [3.63, 3.8) is 0 Å². The molecule has 0 saturated heterocycles. The fourth-order valence-electron chi connectivity index (χ4n) is 0.936. The molecule has 1 rings (SSSR count). The van der Waals surface area contributed by atoms with Gasteiger partial charge in [0.2, 0.25) is 0 Å². The quantitative estimate of drug-likeness (QED) is 0.701. The van der Waals surface area contributed by atoms with Crippen LogP contribution in [0.15, 0.2) is 4.63 Å². The molecule has 6 nitrogen and oxygen atoms in total. The highest BCUT2D eigenvalue weighted by Gasteiger charge is 2.24. The van der Waals surface area contributed by atoms with Gasteiger partial charge < -0.3 is 10.8 Å². The van der Waals surface area contributed by atoms with Gasteiger partial charge in [-0.25, -0.2) is 4.63 Å². The Balaban J connectivity index is 3.00. The van der Waals surface area contributed by atoms with Crippen molar-refractivity contribution in [2.45, 2.75) is 25.8 Å². The van der Waals surface area contributed by atoms with Crippen molar-refractivity contribution in [1.29, 1.82) is 0 Å². The Morgan fingerprint density at radius 1 is 1.46 bits per heavy atom. The second kappa shape index (κ2) is 3.53. The Labute approximate surface area is 74.7 Å². The maximum Gasteiger partial charge on any atom is 0.326 e. The number of carboxylic acids is 1. The number of carboxylic acid groups (broad SMARTS) is 1. The summed E-state index contributed by atoms with van der Waals surface area (Å²) in [6.07, 6.45) is 0. The van der Waals surface area contributed by atoms with Crippen molar-refractivity contribution in [1.82, 2.24) is 10.3 Å². The zero-order valence-corrected chi connectivity index (χ0v) is 7.39. The van der Waals surface area contributed by atoms with E-state index in [2.05, 4.69) is 14.9 Å². The van der Waals surface area contributed by atoms with Crippen molar-refractivity contribution < 1.29 is 14.5 Å². The van der Waals surface area contributed by atoms with Crippen LogP contribution in [0.25, 0.3) is 0 Å². The molecule has 1 aromatic heterocycles. The van der Waals surface area contributed by atoms with Crippen LogP contribution in [-0.2, 0) is 4.79 Å². The molecular formula is C7H11N3O3. The molecule has 0 radical (unpaired) electrons. The first-order chi connectivity index (χ1) is 6.04. The summed E-state index contributed by atoms with van der Waals surface area (Å²) >= 11 is 0. The summed E-state index contributed by atoms with van der Waals surface area (Å²) < 4.78 is 4.43. The molecule has 3 N–H and O–H groups in total. The van der Waals surface area contributed by atoms with Gasteiger partial charge in [0.25, 0.3) is 0 Å². The fourth-order valence-corrected chi connectivity index (χ4v) is 0.936. The molecule has 72 valence electrons. The van der Waals surface area contributed by atoms with Gasteiger partial charge in [0, 0.05) is 5.92 Å². The minimum absolute atomic E-state index is 0.0478. The molecule has 13 heavy (non-hydrogen) atoms. The fraction of sp³-hybridized carbons (Fsp3) is 0.571. The third-order valence-corrected chi connectivity index (χ3v) is 1.65. The van der Waals surface area contributed by atoms with Crippen molar-refractivity contribution in [3.8, 4) is 0 Å². The highest BCUT2D eigenvalue weighted by molar-refractivity contribution is 5.74. The average molecular weight is 185 g/mol. The highest BCUT2D eigenvalue weighted by atomic mass is 16.6. The van der Waals surface area contributed by atoms with Gasteiger partial charge in [-0.05, 0) is 0 Å². The third-order valence-electron chi connectivity index (χ3n) is 1.65. The van der Waals surface area contributed by atoms with Crippen molar-refractivity contribution >= 4 is 5.97 Å². The lowest BCUT2D eigenvalue weighted by Gasteiger charge is -2.04. The number of aromatic nitrogens is 2. The molecule has 1 heterocycles. The predicted molar refractivity (Wildman–Crippen MR) is 43.0 cm³/mol. The van der Waals surface area contributed by atoms with Crippen LogP contribution in [0, 0.1) is 0 Å². The van der Waals surface area contributed by atoms with Crippen LogP contribution in [0.4, 0.5) is 0 Å². The molecule has 0 bridgehead atoms. The Morgan fingerprint density at radius 2 is 2.00 bits per heavy atom. The van der Waals surface area contributed by atoms with Crippen molar-refractivity contribution in [3.05, 3.63) is 11.4 Å². The predicted octanol–water partition coefficient (Wildman–Crippen LogP) is 0.277. The number of hydrogen-bond acceptors (Lipinski definition) is 5. The molecule has 0 aliphatic rings. The number of nitrogens with two attached hydrogens (primary N) is 1. The normalized spacial score (nSPS) is 13.2. The van der Waals surface area contributed by atoms with Crippen molar-refractivity contribution in [2.24, 2.45) is 5.73 Å². The monoisotopic (exact) mass is 185 g/mol. The highest BCUT2D eigenvalue weighted by Crippen LogP contribution is 2.19. The molecule has 1 atom stereocenters. The SMILES string of the molecule is CC(C)c1nonc1C(N)C(=O)O. The van der Waals surface area contributed by atoms with Gasteiger partial charge in [-0.3, -0.25) is 4.79 Å². The van der Waals surface area contributed by atoms with E-state index < -0.39 is 12.0 Å². The molecule has 0 aliphatic heterocycles. The minimum Gasteiger partial charge on any atom is -0.480 e. The van der Waals surface area contributed by atoms with Crippen LogP contribution in [-0.4, -0.2) is 21.4 Å². The molecule has 6 heteroatoms. The van der Waals surface area contributed by atoms with E-state index in [0.717, 1.165) is 0 Å². The molecule has 0 aromatic carbocycles. The summed E-state index contributed by atoms with van der Waals surface area (Å²) in [5.41, 5.74) is 6.05. The average Bonchev–Trinajstić information content (AvgIpc) is 2.50. The zero-order valence-electron chi connectivity index (χ0n) is 7.39. The molecule has 1 unspecified atom stereocenters. The topological polar surface area (TPSA) is 102 Å². The lowest BCUT2D eigenvalue weighted by molar-refractivity contribution is -0.138. The summed E-state index contributed by atoms with van der Waals surface area (Å²) in [4.78, 5) is 10.5. The number of carbonyl (C=O) groups is 1. The van der Waals surface area contributed by atoms with Crippen LogP contribution < -0.4 is 5.73 Å². The van der Waals surface area contributed by atoms with E-state index in [-0.39, 0.29) is 11.6 Å². The Hall–Kier alpha value is -1.43. The summed E-state index contributed by atoms with van der Waals surface area (Å²) in [7, 11) is 0. The summed E-state index contributed by atoms with van der Waals surface area (Å²) in [5.74, 6) is -1.09. The van der Waals surface area contributed by atoms with E-state index in [1.54, 1.807) is 0 Å². The number of hydrogen-bond donors (Lipinski definition) is 2. The van der Waals surface area contributed by atoms with Gasteiger partial charge in [-0.2, -0.15) is 0 Å². The van der Waals surface area contributed by atoms with E-state index in [1.165, 1.54) is 0 Å². The van der Waals surface area contributed by atoms with Crippen LogP contribution >= 0.6 is 0 Å².